The molecule has 4 heterocycles. The van der Waals surface area contributed by atoms with Gasteiger partial charge in [-0.05, 0) is 107 Å². The van der Waals surface area contributed by atoms with Crippen LogP contribution in [-0.2, 0) is 11.8 Å². The second-order valence-electron chi connectivity index (χ2n) is 15.5. The number of carbonyl (C=O) groups is 2. The number of hydrogen-bond acceptors (Lipinski definition) is 6. The largest absolute Gasteiger partial charge is 0.333 e. The summed E-state index contributed by atoms with van der Waals surface area (Å²) >= 11 is 0. The third-order valence-electron chi connectivity index (χ3n) is 10.2. The molecule has 0 saturated carbocycles. The third-order valence-corrected chi connectivity index (χ3v) is 10.2. The van der Waals surface area contributed by atoms with Gasteiger partial charge >= 0.3 is 6.03 Å². The van der Waals surface area contributed by atoms with Crippen molar-refractivity contribution in [3.63, 3.8) is 0 Å². The van der Waals surface area contributed by atoms with E-state index in [1.807, 2.05) is 93.6 Å². The van der Waals surface area contributed by atoms with Crippen molar-refractivity contribution < 1.29 is 9.59 Å². The minimum Gasteiger partial charge on any atom is -0.333 e. The second-order valence-corrected chi connectivity index (χ2v) is 15.5. The molecular formula is C42H48N8O2. The van der Waals surface area contributed by atoms with Crippen molar-refractivity contribution >= 4 is 35.1 Å². The van der Waals surface area contributed by atoms with Crippen LogP contribution in [0.3, 0.4) is 0 Å². The van der Waals surface area contributed by atoms with E-state index in [2.05, 4.69) is 63.7 Å². The van der Waals surface area contributed by atoms with Gasteiger partial charge in [-0.25, -0.2) is 19.4 Å². The van der Waals surface area contributed by atoms with Gasteiger partial charge in [-0.3, -0.25) is 10.1 Å². The molecule has 2 unspecified atom stereocenters. The Bertz CT molecular complexity index is 2050. The van der Waals surface area contributed by atoms with Gasteiger partial charge in [0.05, 0.1) is 22.6 Å². The van der Waals surface area contributed by atoms with Crippen LogP contribution in [0.15, 0.2) is 84.9 Å². The number of aryl methyl sites for hydroxylation is 3. The normalized spacial score (nSPS) is 18.3. The van der Waals surface area contributed by atoms with Crippen molar-refractivity contribution in [1.29, 1.82) is 0 Å². The molecule has 2 aromatic heterocycles. The van der Waals surface area contributed by atoms with Crippen molar-refractivity contribution in [2.75, 3.05) is 16.0 Å². The molecule has 10 heteroatoms. The average molecular weight is 697 g/mol. The number of piperidine rings is 1. The van der Waals surface area contributed by atoms with Crippen LogP contribution in [0, 0.1) is 26.7 Å². The van der Waals surface area contributed by atoms with E-state index in [-0.39, 0.29) is 29.4 Å². The molecule has 7 rings (SSSR count). The maximum Gasteiger partial charge on any atom is 0.324 e. The Kier molecular flexibility index (Phi) is 9.57. The standard InChI is InChI=1S/C42H48N8O2/c1-26-11-17-32(18-12-26)50-38(25-37(48-50)42(4,5)6)47-41(52)45-31-15-13-29(14-16-31)22-30-23-33-19-20-34(24-30)49(33)39(51)35-9-7-8-10-36(35)46-40-43-27(2)21-28(3)44-40/h7-18,21,25,30,33-34H,19-20,22-24H2,1-6H3,(H,43,44,46)(H2,45,47,52). The van der Waals surface area contributed by atoms with E-state index in [0.29, 0.717) is 23.2 Å². The van der Waals surface area contributed by atoms with E-state index in [9.17, 15) is 9.59 Å². The van der Waals surface area contributed by atoms with E-state index in [1.165, 1.54) is 5.56 Å². The first-order valence-corrected chi connectivity index (χ1v) is 18.2. The van der Waals surface area contributed by atoms with Crippen molar-refractivity contribution in [3.05, 3.63) is 119 Å². The zero-order valence-electron chi connectivity index (χ0n) is 30.9. The summed E-state index contributed by atoms with van der Waals surface area (Å²) < 4.78 is 1.78. The molecule has 2 aliphatic rings. The molecule has 5 aromatic rings. The first-order valence-electron chi connectivity index (χ1n) is 18.2. The highest BCUT2D eigenvalue weighted by atomic mass is 16.2. The van der Waals surface area contributed by atoms with E-state index >= 15 is 0 Å². The van der Waals surface area contributed by atoms with Crippen LogP contribution in [0.4, 0.5) is 27.9 Å². The van der Waals surface area contributed by atoms with Gasteiger partial charge in [-0.1, -0.05) is 62.7 Å². The third kappa shape index (κ3) is 7.71. The average Bonchev–Trinajstić information content (AvgIpc) is 3.63. The number of amides is 3. The Hall–Kier alpha value is -5.51. The summed E-state index contributed by atoms with van der Waals surface area (Å²) in [5, 5.41) is 14.1. The molecule has 268 valence electrons. The van der Waals surface area contributed by atoms with Crippen LogP contribution >= 0.6 is 0 Å². The van der Waals surface area contributed by atoms with Gasteiger partial charge in [-0.2, -0.15) is 5.10 Å². The Morgan fingerprint density at radius 3 is 2.12 bits per heavy atom. The Morgan fingerprint density at radius 1 is 0.808 bits per heavy atom. The number of para-hydroxylation sites is 1. The summed E-state index contributed by atoms with van der Waals surface area (Å²) in [5.41, 5.74) is 7.84. The Labute approximate surface area is 306 Å². The number of nitrogens with zero attached hydrogens (tertiary/aromatic N) is 5. The molecule has 2 bridgehead atoms. The molecular weight excluding hydrogens is 649 g/mol. The first-order chi connectivity index (χ1) is 24.9. The van der Waals surface area contributed by atoms with Crippen LogP contribution in [0.2, 0.25) is 0 Å². The predicted octanol–water partition coefficient (Wildman–Crippen LogP) is 8.90. The van der Waals surface area contributed by atoms with E-state index < -0.39 is 0 Å². The lowest BCUT2D eigenvalue weighted by molar-refractivity contribution is 0.0525. The van der Waals surface area contributed by atoms with E-state index in [0.717, 1.165) is 71.8 Å². The molecule has 0 radical (unpaired) electrons. The number of fused-ring (bicyclic) bond motifs is 2. The van der Waals surface area contributed by atoms with Crippen LogP contribution in [0.25, 0.3) is 5.69 Å². The van der Waals surface area contributed by atoms with E-state index in [4.69, 9.17) is 5.10 Å². The molecule has 3 N–H and O–H groups in total. The fraction of sp³-hybridized carbons (Fsp3) is 0.357. The Balaban J connectivity index is 0.970. The highest BCUT2D eigenvalue weighted by Gasteiger charge is 2.43. The molecule has 2 saturated heterocycles. The lowest BCUT2D eigenvalue weighted by Gasteiger charge is -2.39. The minimum atomic E-state index is -0.326. The fourth-order valence-electron chi connectivity index (χ4n) is 7.66. The fourth-order valence-corrected chi connectivity index (χ4v) is 7.66. The van der Waals surface area contributed by atoms with Crippen LogP contribution in [0.1, 0.15) is 85.0 Å². The second kappa shape index (κ2) is 14.3. The summed E-state index contributed by atoms with van der Waals surface area (Å²) in [6.07, 6.45) is 4.95. The van der Waals surface area contributed by atoms with Crippen LogP contribution < -0.4 is 16.0 Å². The number of anilines is 4. The number of rotatable bonds is 8. The van der Waals surface area contributed by atoms with Crippen molar-refractivity contribution in [2.45, 2.75) is 91.1 Å². The predicted molar refractivity (Wildman–Crippen MR) is 207 cm³/mol. The van der Waals surface area contributed by atoms with Gasteiger partial charge in [0, 0.05) is 40.6 Å². The molecule has 2 atom stereocenters. The quantitative estimate of drug-likeness (QED) is 0.149. The highest BCUT2D eigenvalue weighted by molar-refractivity contribution is 6.01. The van der Waals surface area contributed by atoms with Gasteiger partial charge in [0.25, 0.3) is 5.91 Å². The number of urea groups is 1. The Morgan fingerprint density at radius 2 is 1.46 bits per heavy atom. The smallest absolute Gasteiger partial charge is 0.324 e. The van der Waals surface area contributed by atoms with Crippen molar-refractivity contribution in [2.24, 2.45) is 5.92 Å². The molecule has 3 amide bonds. The number of nitrogens with one attached hydrogen (secondary N) is 3. The molecule has 10 nitrogen and oxygen atoms in total. The summed E-state index contributed by atoms with van der Waals surface area (Å²) in [6.45, 7) is 12.3. The SMILES string of the molecule is Cc1ccc(-n2nc(C(C)(C)C)cc2NC(=O)Nc2ccc(CC3CC4CCC(C3)N4C(=O)c3ccccc3Nc3nc(C)cc(C)n3)cc2)cc1. The van der Waals surface area contributed by atoms with Gasteiger partial charge in [0.15, 0.2) is 0 Å². The molecule has 2 fully saturated rings. The number of carbonyl (C=O) groups excluding carboxylic acids is 2. The maximum atomic E-state index is 14.1. The maximum absolute atomic E-state index is 14.1. The molecule has 2 aliphatic heterocycles. The first kappa shape index (κ1) is 34.9. The molecule has 3 aromatic carbocycles. The number of hydrogen-bond donors (Lipinski definition) is 3. The minimum absolute atomic E-state index is 0.0728. The zero-order chi connectivity index (χ0) is 36.6. The lowest BCUT2D eigenvalue weighted by atomic mass is 9.85. The van der Waals surface area contributed by atoms with E-state index in [1.54, 1.807) is 4.68 Å². The highest BCUT2D eigenvalue weighted by Crippen LogP contribution is 2.41. The number of aromatic nitrogens is 4. The monoisotopic (exact) mass is 696 g/mol. The van der Waals surface area contributed by atoms with Gasteiger partial charge < -0.3 is 15.5 Å². The van der Waals surface area contributed by atoms with Crippen molar-refractivity contribution in [3.8, 4) is 5.69 Å². The summed E-state index contributed by atoms with van der Waals surface area (Å²) in [4.78, 5) is 38.4. The summed E-state index contributed by atoms with van der Waals surface area (Å²) in [7, 11) is 0. The van der Waals surface area contributed by atoms with Crippen molar-refractivity contribution in [1.82, 2.24) is 24.6 Å². The van der Waals surface area contributed by atoms with Gasteiger partial charge in [0.2, 0.25) is 5.95 Å². The zero-order valence-corrected chi connectivity index (χ0v) is 30.9. The van der Waals surface area contributed by atoms with Gasteiger partial charge in [0.1, 0.15) is 5.82 Å². The van der Waals surface area contributed by atoms with Crippen LogP contribution in [0.5, 0.6) is 0 Å². The van der Waals surface area contributed by atoms with Gasteiger partial charge in [-0.15, -0.1) is 0 Å². The van der Waals surface area contributed by atoms with Crippen LogP contribution in [-0.4, -0.2) is 48.7 Å². The molecule has 52 heavy (non-hydrogen) atoms. The topological polar surface area (TPSA) is 117 Å². The summed E-state index contributed by atoms with van der Waals surface area (Å²) in [5.74, 6) is 1.67. The lowest BCUT2D eigenvalue weighted by Crippen LogP contribution is -2.47. The molecule has 0 aliphatic carbocycles. The molecule has 0 spiro atoms. The summed E-state index contributed by atoms with van der Waals surface area (Å²) in [6, 6.07) is 27.9. The number of benzene rings is 3.